The van der Waals surface area contributed by atoms with Crippen molar-refractivity contribution < 1.29 is 19.2 Å². The third-order valence-corrected chi connectivity index (χ3v) is 6.03. The van der Waals surface area contributed by atoms with Gasteiger partial charge >= 0.3 is 0 Å². The number of imidazole rings is 1. The Bertz CT molecular complexity index is 789. The molecule has 5 N–H and O–H groups in total. The SMILES string of the molecule is NC(=O)[C@@H]1CCCN1C(=O)C(Cc1[nH]c(I)nc1I)NC(=O)[C@@H]1CC(=O)N1. The molecule has 2 aliphatic rings. The number of nitrogens with zero attached hydrogens (tertiary/aromatic N) is 2. The zero-order valence-corrected chi connectivity index (χ0v) is 18.4. The van der Waals surface area contributed by atoms with E-state index >= 15 is 0 Å². The average Bonchev–Trinajstić information content (AvgIpc) is 3.17. The molecule has 0 aromatic carbocycles. The minimum absolute atomic E-state index is 0.0971. The molecule has 1 aromatic heterocycles. The van der Waals surface area contributed by atoms with E-state index in [1.807, 2.05) is 22.6 Å². The number of primary amides is 1. The molecule has 27 heavy (non-hydrogen) atoms. The zero-order valence-electron chi connectivity index (χ0n) is 14.1. The fourth-order valence-electron chi connectivity index (χ4n) is 3.21. The van der Waals surface area contributed by atoms with E-state index < -0.39 is 29.9 Å². The summed E-state index contributed by atoms with van der Waals surface area (Å²) in [6.45, 7) is 0.413. The Morgan fingerprint density at radius 1 is 1.37 bits per heavy atom. The largest absolute Gasteiger partial charge is 0.368 e. The summed E-state index contributed by atoms with van der Waals surface area (Å²) in [5.74, 6) is -1.55. The number of carbonyl (C=O) groups is 4. The number of aromatic amines is 1. The molecule has 0 aliphatic carbocycles. The lowest BCUT2D eigenvalue weighted by molar-refractivity contribution is -0.142. The molecule has 1 aromatic rings. The summed E-state index contributed by atoms with van der Waals surface area (Å²) in [6, 6.07) is -2.19. The van der Waals surface area contributed by atoms with E-state index in [1.165, 1.54) is 4.90 Å². The topological polar surface area (TPSA) is 150 Å². The Kier molecular flexibility index (Phi) is 6.22. The van der Waals surface area contributed by atoms with E-state index in [4.69, 9.17) is 5.73 Å². The number of likely N-dealkylation sites (tertiary alicyclic amines) is 1. The maximum Gasteiger partial charge on any atom is 0.246 e. The number of nitrogens with one attached hydrogen (secondary N) is 3. The van der Waals surface area contributed by atoms with Gasteiger partial charge in [0.1, 0.15) is 21.8 Å². The molecular weight excluding hydrogens is 582 g/mol. The van der Waals surface area contributed by atoms with Gasteiger partial charge in [0.05, 0.1) is 12.1 Å². The van der Waals surface area contributed by atoms with Crippen molar-refractivity contribution >= 4 is 68.8 Å². The fraction of sp³-hybridized carbons (Fsp3) is 0.533. The monoisotopic (exact) mass is 600 g/mol. The smallest absolute Gasteiger partial charge is 0.246 e. The maximum absolute atomic E-state index is 13.1. The Balaban J connectivity index is 1.78. The number of rotatable bonds is 6. The highest BCUT2D eigenvalue weighted by Gasteiger charge is 2.39. The third kappa shape index (κ3) is 4.52. The molecule has 10 nitrogen and oxygen atoms in total. The first-order valence-electron chi connectivity index (χ1n) is 8.35. The first-order chi connectivity index (χ1) is 12.8. The van der Waals surface area contributed by atoms with Gasteiger partial charge in [-0.2, -0.15) is 0 Å². The maximum atomic E-state index is 13.1. The van der Waals surface area contributed by atoms with E-state index in [9.17, 15) is 19.2 Å². The molecule has 3 atom stereocenters. The molecule has 0 bridgehead atoms. The lowest BCUT2D eigenvalue weighted by atomic mass is 10.0. The van der Waals surface area contributed by atoms with E-state index in [2.05, 4.69) is 43.2 Å². The van der Waals surface area contributed by atoms with Crippen molar-refractivity contribution in [2.45, 2.75) is 43.8 Å². The summed E-state index contributed by atoms with van der Waals surface area (Å²) in [5, 5.41) is 5.20. The molecule has 2 aliphatic heterocycles. The Labute approximate surface area is 182 Å². The molecule has 3 heterocycles. The normalized spacial score (nSPS) is 22.7. The van der Waals surface area contributed by atoms with Crippen LogP contribution in [0.2, 0.25) is 0 Å². The van der Waals surface area contributed by atoms with Crippen molar-refractivity contribution in [3.63, 3.8) is 0 Å². The van der Waals surface area contributed by atoms with E-state index in [-0.39, 0.29) is 24.7 Å². The van der Waals surface area contributed by atoms with Gasteiger partial charge in [-0.3, -0.25) is 19.2 Å². The predicted octanol–water partition coefficient (Wildman–Crippen LogP) is -0.989. The van der Waals surface area contributed by atoms with Gasteiger partial charge < -0.3 is 26.3 Å². The lowest BCUT2D eigenvalue weighted by Crippen LogP contribution is -2.61. The minimum Gasteiger partial charge on any atom is -0.368 e. The molecule has 0 saturated carbocycles. The van der Waals surface area contributed by atoms with Crippen molar-refractivity contribution in [1.29, 1.82) is 0 Å². The number of amides is 4. The number of hydrogen-bond donors (Lipinski definition) is 4. The van der Waals surface area contributed by atoms with Crippen LogP contribution in [0.5, 0.6) is 0 Å². The van der Waals surface area contributed by atoms with Crippen LogP contribution in [0.15, 0.2) is 0 Å². The second kappa shape index (κ2) is 8.28. The van der Waals surface area contributed by atoms with E-state index in [0.717, 1.165) is 0 Å². The zero-order chi connectivity index (χ0) is 19.7. The molecule has 0 spiro atoms. The molecule has 146 valence electrons. The van der Waals surface area contributed by atoms with Crippen LogP contribution in [0.1, 0.15) is 25.0 Å². The van der Waals surface area contributed by atoms with Crippen molar-refractivity contribution in [3.05, 3.63) is 13.2 Å². The quantitative estimate of drug-likeness (QED) is 0.245. The summed E-state index contributed by atoms with van der Waals surface area (Å²) < 4.78 is 1.38. The van der Waals surface area contributed by atoms with Crippen LogP contribution < -0.4 is 16.4 Å². The highest BCUT2D eigenvalue weighted by molar-refractivity contribution is 14.1. The summed E-state index contributed by atoms with van der Waals surface area (Å²) in [7, 11) is 0. The number of aromatic nitrogens is 2. The number of halogens is 2. The number of carbonyl (C=O) groups excluding carboxylic acids is 4. The summed E-state index contributed by atoms with van der Waals surface area (Å²) in [4.78, 5) is 57.0. The predicted molar refractivity (Wildman–Crippen MR) is 110 cm³/mol. The highest BCUT2D eigenvalue weighted by Crippen LogP contribution is 2.20. The van der Waals surface area contributed by atoms with Crippen molar-refractivity contribution in [3.8, 4) is 0 Å². The van der Waals surface area contributed by atoms with E-state index in [0.29, 0.717) is 32.6 Å². The second-order valence-corrected chi connectivity index (χ2v) is 8.52. The molecule has 0 radical (unpaired) electrons. The van der Waals surface area contributed by atoms with Gasteiger partial charge in [0.15, 0.2) is 3.83 Å². The number of nitrogens with two attached hydrogens (primary N) is 1. The van der Waals surface area contributed by atoms with Crippen molar-refractivity contribution in [1.82, 2.24) is 25.5 Å². The Hall–Kier alpha value is -1.45. The first-order valence-corrected chi connectivity index (χ1v) is 10.5. The molecule has 12 heteroatoms. The van der Waals surface area contributed by atoms with Gasteiger partial charge in [0.2, 0.25) is 23.6 Å². The summed E-state index contributed by atoms with van der Waals surface area (Å²) >= 11 is 4.08. The van der Waals surface area contributed by atoms with Crippen molar-refractivity contribution in [2.24, 2.45) is 5.73 Å². The third-order valence-electron chi connectivity index (χ3n) is 4.63. The van der Waals surface area contributed by atoms with Crippen LogP contribution >= 0.6 is 45.2 Å². The molecule has 1 unspecified atom stereocenters. The van der Waals surface area contributed by atoms with Crippen LogP contribution in [0.3, 0.4) is 0 Å². The standard InChI is InChI=1S/C15H18I2N6O4/c16-11-6(21-15(17)22-11)4-8(20-13(26)7-5-10(24)19-7)14(27)23-3-1-2-9(23)12(18)25/h7-9H,1-5H2,(H2,18,25)(H,19,24)(H,20,26)(H,21,22)/t7-,8?,9-/m0/s1. The molecular formula is C15H18I2N6O4. The van der Waals surface area contributed by atoms with Crippen LogP contribution in [-0.2, 0) is 25.6 Å². The number of β-lactam (4-membered cyclic amide) rings is 1. The first kappa shape index (κ1) is 20.3. The number of hydrogen-bond acceptors (Lipinski definition) is 5. The van der Waals surface area contributed by atoms with Gasteiger partial charge in [0, 0.05) is 13.0 Å². The molecule has 3 rings (SSSR count). The van der Waals surface area contributed by atoms with Gasteiger partial charge in [0.25, 0.3) is 0 Å². The molecule has 4 amide bonds. The van der Waals surface area contributed by atoms with Crippen LogP contribution in [-0.4, -0.2) is 63.2 Å². The summed E-state index contributed by atoms with van der Waals surface area (Å²) in [6.07, 6.45) is 1.49. The van der Waals surface area contributed by atoms with Crippen LogP contribution in [0, 0.1) is 7.53 Å². The van der Waals surface area contributed by atoms with Crippen molar-refractivity contribution in [2.75, 3.05) is 6.54 Å². The van der Waals surface area contributed by atoms with Crippen LogP contribution in [0.4, 0.5) is 0 Å². The second-order valence-electron chi connectivity index (χ2n) is 6.48. The number of H-pyrrole nitrogens is 1. The Morgan fingerprint density at radius 2 is 2.07 bits per heavy atom. The molecule has 2 saturated heterocycles. The molecule has 2 fully saturated rings. The van der Waals surface area contributed by atoms with Gasteiger partial charge in [-0.25, -0.2) is 4.98 Å². The fourth-order valence-corrected chi connectivity index (χ4v) is 4.84. The van der Waals surface area contributed by atoms with Gasteiger partial charge in [-0.15, -0.1) is 0 Å². The van der Waals surface area contributed by atoms with Crippen LogP contribution in [0.25, 0.3) is 0 Å². The van der Waals surface area contributed by atoms with Gasteiger partial charge in [-0.05, 0) is 58.0 Å². The van der Waals surface area contributed by atoms with Gasteiger partial charge in [-0.1, -0.05) is 0 Å². The van der Waals surface area contributed by atoms with E-state index in [1.54, 1.807) is 0 Å². The highest BCUT2D eigenvalue weighted by atomic mass is 127. The lowest BCUT2D eigenvalue weighted by Gasteiger charge is -2.31. The Morgan fingerprint density at radius 3 is 2.63 bits per heavy atom. The summed E-state index contributed by atoms with van der Waals surface area (Å²) in [5.41, 5.74) is 6.13. The average molecular weight is 600 g/mol. The minimum atomic E-state index is -0.889.